The van der Waals surface area contributed by atoms with Crippen LogP contribution in [0.3, 0.4) is 0 Å². The summed E-state index contributed by atoms with van der Waals surface area (Å²) in [5.74, 6) is 0.461. The third-order valence-electron chi connectivity index (χ3n) is 6.61. The Bertz CT molecular complexity index is 1710. The van der Waals surface area contributed by atoms with Crippen molar-refractivity contribution in [3.8, 4) is 11.6 Å². The Balaban J connectivity index is 1.32. The molecule has 0 bridgehead atoms. The highest BCUT2D eigenvalue weighted by Gasteiger charge is 2.34. The molecule has 11 heteroatoms. The third-order valence-corrected chi connectivity index (χ3v) is 7.70. The van der Waals surface area contributed by atoms with Crippen molar-refractivity contribution in [2.75, 3.05) is 16.8 Å². The van der Waals surface area contributed by atoms with Crippen molar-refractivity contribution in [2.45, 2.75) is 19.8 Å². The lowest BCUT2D eigenvalue weighted by atomic mass is 10.1. The minimum atomic E-state index is -0.422. The molecule has 0 radical (unpaired) electrons. The molecule has 4 amide bonds. The van der Waals surface area contributed by atoms with Crippen LogP contribution in [0.2, 0.25) is 0 Å². The van der Waals surface area contributed by atoms with Crippen molar-refractivity contribution in [3.63, 3.8) is 0 Å². The molecule has 3 aromatic heterocycles. The predicted octanol–water partition coefficient (Wildman–Crippen LogP) is 5.86. The molecule has 0 saturated heterocycles. The fourth-order valence-corrected chi connectivity index (χ4v) is 5.77. The monoisotopic (exact) mass is 552 g/mol. The predicted molar refractivity (Wildman–Crippen MR) is 153 cm³/mol. The van der Waals surface area contributed by atoms with E-state index >= 15 is 0 Å². The number of urea groups is 1. The van der Waals surface area contributed by atoms with Crippen LogP contribution in [-0.4, -0.2) is 39.3 Å². The van der Waals surface area contributed by atoms with Crippen LogP contribution in [0.1, 0.15) is 28.1 Å². The van der Waals surface area contributed by atoms with E-state index in [1.54, 1.807) is 30.7 Å². The summed E-state index contributed by atoms with van der Waals surface area (Å²) in [6, 6.07) is 12.4. The van der Waals surface area contributed by atoms with Gasteiger partial charge in [0.2, 0.25) is 11.8 Å². The van der Waals surface area contributed by atoms with Crippen LogP contribution in [0.5, 0.6) is 11.6 Å². The van der Waals surface area contributed by atoms with Gasteiger partial charge >= 0.3 is 6.03 Å². The summed E-state index contributed by atoms with van der Waals surface area (Å²) >= 11 is 1.19. The van der Waals surface area contributed by atoms with Crippen LogP contribution in [0.4, 0.5) is 21.9 Å². The summed E-state index contributed by atoms with van der Waals surface area (Å²) in [7, 11) is 0. The number of benzene rings is 1. The molecule has 2 aliphatic rings. The van der Waals surface area contributed by atoms with E-state index in [9.17, 15) is 14.4 Å². The molecule has 4 aromatic rings. The smallest absolute Gasteiger partial charge is 0.331 e. The van der Waals surface area contributed by atoms with Gasteiger partial charge in [-0.1, -0.05) is 24.8 Å². The number of aromatic nitrogens is 2. The van der Waals surface area contributed by atoms with Gasteiger partial charge in [0.15, 0.2) is 0 Å². The van der Waals surface area contributed by atoms with Gasteiger partial charge in [0.25, 0.3) is 5.91 Å². The average molecular weight is 553 g/mol. The molecule has 0 fully saturated rings. The van der Waals surface area contributed by atoms with Crippen molar-refractivity contribution in [3.05, 3.63) is 89.9 Å². The van der Waals surface area contributed by atoms with Crippen molar-refractivity contribution in [1.29, 1.82) is 0 Å². The molecule has 1 aromatic carbocycles. The second kappa shape index (κ2) is 10.3. The number of para-hydroxylation sites is 1. The fourth-order valence-electron chi connectivity index (χ4n) is 4.75. The lowest BCUT2D eigenvalue weighted by Gasteiger charge is -2.29. The Morgan fingerprint density at radius 1 is 1.18 bits per heavy atom. The van der Waals surface area contributed by atoms with Crippen LogP contribution in [0.25, 0.3) is 10.2 Å². The SMILES string of the molecule is C=CC(=O)N1C=C(NC(=O)c2sc3nccc4c3c2NC(=O)N4c2cnc(Oc3ccccc3)cc2C)CCC1. The highest BCUT2D eigenvalue weighted by Crippen LogP contribution is 2.46. The molecule has 0 saturated carbocycles. The fraction of sp³-hybridized carbons (Fsp3) is 0.138. The average Bonchev–Trinajstić information content (AvgIpc) is 3.33. The Hall–Kier alpha value is -5.03. The highest BCUT2D eigenvalue weighted by atomic mass is 32.1. The zero-order valence-electron chi connectivity index (χ0n) is 21.5. The van der Waals surface area contributed by atoms with Crippen LogP contribution < -0.4 is 20.3 Å². The van der Waals surface area contributed by atoms with Gasteiger partial charge < -0.3 is 20.3 Å². The van der Waals surface area contributed by atoms with E-state index in [1.807, 2.05) is 37.3 Å². The standard InChI is InChI=1S/C29H24N6O4S/c1-3-23(36)34-13-7-8-18(16-34)32-27(37)26-25-24-20(11-12-30-28(24)40-26)35(29(38)33-25)21-15-31-22(14-17(21)2)39-19-9-5-4-6-10-19/h3-6,9-12,14-16H,1,7-8,13H2,2H3,(H,32,37)(H,33,38). The van der Waals surface area contributed by atoms with Gasteiger partial charge in [-0.3, -0.25) is 14.5 Å². The van der Waals surface area contributed by atoms with Gasteiger partial charge in [-0.05, 0) is 49.6 Å². The molecule has 40 heavy (non-hydrogen) atoms. The number of hydrogen-bond acceptors (Lipinski definition) is 7. The first-order valence-corrected chi connectivity index (χ1v) is 13.4. The van der Waals surface area contributed by atoms with Crippen molar-refractivity contribution in [1.82, 2.24) is 20.2 Å². The maximum Gasteiger partial charge on any atom is 0.331 e. The summed E-state index contributed by atoms with van der Waals surface area (Å²) in [6.07, 6.45) is 7.42. The summed E-state index contributed by atoms with van der Waals surface area (Å²) in [5, 5.41) is 6.47. The summed E-state index contributed by atoms with van der Waals surface area (Å²) in [5.41, 5.74) is 2.98. The highest BCUT2D eigenvalue weighted by molar-refractivity contribution is 7.21. The molecule has 200 valence electrons. The van der Waals surface area contributed by atoms with Crippen molar-refractivity contribution < 1.29 is 19.1 Å². The first-order valence-electron chi connectivity index (χ1n) is 12.6. The van der Waals surface area contributed by atoms with Gasteiger partial charge in [0.05, 0.1) is 28.6 Å². The Morgan fingerprint density at radius 2 is 2.00 bits per heavy atom. The zero-order chi connectivity index (χ0) is 27.8. The topological polar surface area (TPSA) is 117 Å². The van der Waals surface area contributed by atoms with Gasteiger partial charge in [0.1, 0.15) is 15.5 Å². The van der Waals surface area contributed by atoms with E-state index in [-0.39, 0.29) is 11.8 Å². The summed E-state index contributed by atoms with van der Waals surface area (Å²) < 4.78 is 5.85. The number of hydrogen-bond donors (Lipinski definition) is 2. The maximum absolute atomic E-state index is 13.5. The number of nitrogens with one attached hydrogen (secondary N) is 2. The van der Waals surface area contributed by atoms with Gasteiger partial charge in [-0.2, -0.15) is 0 Å². The van der Waals surface area contributed by atoms with E-state index in [0.29, 0.717) is 68.9 Å². The molecule has 6 rings (SSSR count). The van der Waals surface area contributed by atoms with Gasteiger partial charge in [-0.25, -0.2) is 14.8 Å². The number of amides is 4. The Morgan fingerprint density at radius 3 is 2.77 bits per heavy atom. The normalized spacial score (nSPS) is 14.4. The molecule has 0 aliphatic carbocycles. The minimum Gasteiger partial charge on any atom is -0.439 e. The van der Waals surface area contributed by atoms with E-state index in [4.69, 9.17) is 4.74 Å². The zero-order valence-corrected chi connectivity index (χ0v) is 22.3. The lowest BCUT2D eigenvalue weighted by molar-refractivity contribution is -0.123. The van der Waals surface area contributed by atoms with Crippen LogP contribution in [0, 0.1) is 6.92 Å². The third kappa shape index (κ3) is 4.56. The molecule has 2 N–H and O–H groups in total. The molecule has 10 nitrogen and oxygen atoms in total. The van der Waals surface area contributed by atoms with Crippen molar-refractivity contribution in [2.24, 2.45) is 0 Å². The molecule has 2 aliphatic heterocycles. The van der Waals surface area contributed by atoms with E-state index in [2.05, 4.69) is 27.2 Å². The van der Waals surface area contributed by atoms with E-state index in [1.165, 1.54) is 27.2 Å². The Labute approximate surface area is 233 Å². The second-order valence-electron chi connectivity index (χ2n) is 9.25. The van der Waals surface area contributed by atoms with Crippen LogP contribution in [-0.2, 0) is 4.79 Å². The first-order chi connectivity index (χ1) is 19.4. The number of nitrogens with zero attached hydrogens (tertiary/aromatic N) is 4. The molecule has 5 heterocycles. The number of rotatable bonds is 6. The van der Waals surface area contributed by atoms with Crippen LogP contribution in [0.15, 0.2) is 79.4 Å². The number of anilines is 3. The molecular formula is C29H24N6O4S. The molecular weight excluding hydrogens is 528 g/mol. The number of thiophene rings is 1. The number of ether oxygens (including phenoxy) is 1. The number of allylic oxidation sites excluding steroid dienone is 1. The molecule has 0 unspecified atom stereocenters. The van der Waals surface area contributed by atoms with E-state index in [0.717, 1.165) is 5.56 Å². The largest absolute Gasteiger partial charge is 0.439 e. The van der Waals surface area contributed by atoms with Crippen LogP contribution >= 0.6 is 11.3 Å². The quantitative estimate of drug-likeness (QED) is 0.290. The summed E-state index contributed by atoms with van der Waals surface area (Å²) in [4.78, 5) is 51.7. The van der Waals surface area contributed by atoms with Gasteiger partial charge in [-0.15, -0.1) is 11.3 Å². The first kappa shape index (κ1) is 25.3. The second-order valence-corrected chi connectivity index (χ2v) is 10.3. The summed E-state index contributed by atoms with van der Waals surface area (Å²) in [6.45, 7) is 5.96. The number of carbonyl (C=O) groups is 3. The maximum atomic E-state index is 13.5. The van der Waals surface area contributed by atoms with E-state index < -0.39 is 6.03 Å². The number of aryl methyl sites for hydroxylation is 1. The number of carbonyl (C=O) groups excluding carboxylic acids is 3. The Kier molecular flexibility index (Phi) is 6.48. The number of pyridine rings is 2. The van der Waals surface area contributed by atoms with Gasteiger partial charge in [0, 0.05) is 30.7 Å². The van der Waals surface area contributed by atoms with Crippen molar-refractivity contribution >= 4 is 56.5 Å². The molecule has 0 atom stereocenters. The molecule has 0 spiro atoms. The lowest BCUT2D eigenvalue weighted by Crippen LogP contribution is -2.35. The minimum absolute atomic E-state index is 0.228.